The first-order valence-corrected chi connectivity index (χ1v) is 7.18. The Labute approximate surface area is 119 Å². The lowest BCUT2D eigenvalue weighted by atomic mass is 10.00. The number of aliphatic hydroxyl groups excluding tert-OH is 1. The van der Waals surface area contributed by atoms with Crippen molar-refractivity contribution in [2.45, 2.75) is 25.5 Å². The van der Waals surface area contributed by atoms with Gasteiger partial charge in [0.15, 0.2) is 0 Å². The molecule has 3 unspecified atom stereocenters. The van der Waals surface area contributed by atoms with Gasteiger partial charge in [-0.1, -0.05) is 6.07 Å². The molecule has 1 saturated carbocycles. The van der Waals surface area contributed by atoms with Crippen molar-refractivity contribution in [2.75, 3.05) is 20.2 Å². The Balaban J connectivity index is 1.69. The maximum Gasteiger partial charge on any atom is 0.136 e. The first-order valence-electron chi connectivity index (χ1n) is 7.18. The third-order valence-corrected chi connectivity index (χ3v) is 4.69. The third-order valence-electron chi connectivity index (χ3n) is 4.69. The monoisotopic (exact) mass is 272 g/mol. The second kappa shape index (κ2) is 5.43. The molecule has 1 N–H and O–H groups in total. The van der Waals surface area contributed by atoms with E-state index in [1.807, 2.05) is 18.2 Å². The zero-order valence-corrected chi connectivity index (χ0v) is 11.7. The standard InChI is InChI=1S/C16H20N2O2/c1-20-16-6-11(2-3-12(16)7-17)8-18-9-13-4-5-15(19)14(13)10-18/h2-3,6,13-15,19H,4-5,8-10H2,1H3. The van der Waals surface area contributed by atoms with Crippen LogP contribution in [0.2, 0.25) is 0 Å². The van der Waals surface area contributed by atoms with Gasteiger partial charge in [-0.25, -0.2) is 0 Å². The lowest BCUT2D eigenvalue weighted by molar-refractivity contribution is 0.123. The number of ether oxygens (including phenoxy) is 1. The summed E-state index contributed by atoms with van der Waals surface area (Å²) in [4.78, 5) is 2.40. The van der Waals surface area contributed by atoms with Gasteiger partial charge in [-0.2, -0.15) is 5.26 Å². The summed E-state index contributed by atoms with van der Waals surface area (Å²) in [5, 5.41) is 18.9. The van der Waals surface area contributed by atoms with Gasteiger partial charge >= 0.3 is 0 Å². The Morgan fingerprint density at radius 1 is 1.40 bits per heavy atom. The van der Waals surface area contributed by atoms with E-state index in [-0.39, 0.29) is 6.10 Å². The molecule has 0 aromatic heterocycles. The predicted molar refractivity (Wildman–Crippen MR) is 75.2 cm³/mol. The number of fused-ring (bicyclic) bond motifs is 1. The number of methoxy groups -OCH3 is 1. The number of hydrogen-bond acceptors (Lipinski definition) is 4. The molecule has 0 bridgehead atoms. The summed E-state index contributed by atoms with van der Waals surface area (Å²) in [6.45, 7) is 2.92. The molecule has 0 amide bonds. The highest BCUT2D eigenvalue weighted by Crippen LogP contribution is 2.38. The number of rotatable bonds is 3. The van der Waals surface area contributed by atoms with Crippen molar-refractivity contribution in [3.8, 4) is 11.8 Å². The molecular weight excluding hydrogens is 252 g/mol. The van der Waals surface area contributed by atoms with Gasteiger partial charge in [0.25, 0.3) is 0 Å². The molecule has 4 heteroatoms. The molecule has 106 valence electrons. The fourth-order valence-electron chi connectivity index (χ4n) is 3.64. The molecular formula is C16H20N2O2. The van der Waals surface area contributed by atoms with E-state index in [0.29, 0.717) is 23.1 Å². The van der Waals surface area contributed by atoms with Crippen molar-refractivity contribution in [1.29, 1.82) is 5.26 Å². The van der Waals surface area contributed by atoms with Gasteiger partial charge in [-0.15, -0.1) is 0 Å². The van der Waals surface area contributed by atoms with Crippen molar-refractivity contribution >= 4 is 0 Å². The second-order valence-corrected chi connectivity index (χ2v) is 5.91. The van der Waals surface area contributed by atoms with Crippen LogP contribution in [0.3, 0.4) is 0 Å². The van der Waals surface area contributed by atoms with Crippen molar-refractivity contribution in [1.82, 2.24) is 4.90 Å². The highest BCUT2D eigenvalue weighted by molar-refractivity contribution is 5.45. The van der Waals surface area contributed by atoms with Gasteiger partial charge < -0.3 is 9.84 Å². The summed E-state index contributed by atoms with van der Waals surface area (Å²) < 4.78 is 5.25. The van der Waals surface area contributed by atoms with E-state index < -0.39 is 0 Å². The van der Waals surface area contributed by atoms with E-state index >= 15 is 0 Å². The lowest BCUT2D eigenvalue weighted by Gasteiger charge is -2.18. The molecule has 1 aromatic carbocycles. The van der Waals surface area contributed by atoms with Crippen LogP contribution in [-0.2, 0) is 6.54 Å². The Hall–Kier alpha value is -1.57. The summed E-state index contributed by atoms with van der Waals surface area (Å²) in [6, 6.07) is 7.89. The molecule has 3 atom stereocenters. The average Bonchev–Trinajstić information content (AvgIpc) is 3.01. The molecule has 1 aromatic rings. The summed E-state index contributed by atoms with van der Waals surface area (Å²) in [6.07, 6.45) is 2.01. The zero-order valence-electron chi connectivity index (χ0n) is 11.7. The number of aliphatic hydroxyl groups is 1. The number of nitriles is 1. The zero-order chi connectivity index (χ0) is 14.1. The molecule has 2 fully saturated rings. The van der Waals surface area contributed by atoms with Gasteiger partial charge in [-0.05, 0) is 36.5 Å². The first-order chi connectivity index (χ1) is 9.71. The van der Waals surface area contributed by atoms with Gasteiger partial charge in [0.1, 0.15) is 11.8 Å². The predicted octanol–water partition coefficient (Wildman–Crippen LogP) is 1.77. The minimum absolute atomic E-state index is 0.111. The Morgan fingerprint density at radius 2 is 2.25 bits per heavy atom. The highest BCUT2D eigenvalue weighted by Gasteiger charge is 2.41. The Morgan fingerprint density at radius 3 is 2.95 bits per heavy atom. The van der Waals surface area contributed by atoms with Gasteiger partial charge in [0.2, 0.25) is 0 Å². The molecule has 0 radical (unpaired) electrons. The van der Waals surface area contributed by atoms with E-state index in [1.54, 1.807) is 7.11 Å². The fourth-order valence-corrected chi connectivity index (χ4v) is 3.64. The molecule has 1 heterocycles. The molecule has 1 saturated heterocycles. The van der Waals surface area contributed by atoms with Crippen LogP contribution in [0, 0.1) is 23.2 Å². The van der Waals surface area contributed by atoms with E-state index in [0.717, 1.165) is 38.0 Å². The van der Waals surface area contributed by atoms with Crippen LogP contribution in [0.25, 0.3) is 0 Å². The number of nitrogens with zero attached hydrogens (tertiary/aromatic N) is 2. The Bertz CT molecular complexity index is 538. The molecule has 0 spiro atoms. The van der Waals surface area contributed by atoms with E-state index in [2.05, 4.69) is 11.0 Å². The van der Waals surface area contributed by atoms with Gasteiger partial charge in [-0.3, -0.25) is 4.90 Å². The minimum Gasteiger partial charge on any atom is -0.495 e. The van der Waals surface area contributed by atoms with Crippen LogP contribution in [0.15, 0.2) is 18.2 Å². The maximum absolute atomic E-state index is 9.95. The average molecular weight is 272 g/mol. The van der Waals surface area contributed by atoms with Crippen molar-refractivity contribution in [3.63, 3.8) is 0 Å². The molecule has 20 heavy (non-hydrogen) atoms. The van der Waals surface area contributed by atoms with Crippen LogP contribution < -0.4 is 4.74 Å². The van der Waals surface area contributed by atoms with Crippen LogP contribution in [-0.4, -0.2) is 36.3 Å². The topological polar surface area (TPSA) is 56.5 Å². The normalized spacial score (nSPS) is 29.1. The van der Waals surface area contributed by atoms with Crippen LogP contribution >= 0.6 is 0 Å². The molecule has 3 rings (SSSR count). The number of benzene rings is 1. The smallest absolute Gasteiger partial charge is 0.136 e. The number of hydrogen-bond donors (Lipinski definition) is 1. The second-order valence-electron chi connectivity index (χ2n) is 5.91. The number of likely N-dealkylation sites (tertiary alicyclic amines) is 1. The molecule has 4 nitrogen and oxygen atoms in total. The highest BCUT2D eigenvalue weighted by atomic mass is 16.5. The van der Waals surface area contributed by atoms with Crippen LogP contribution in [0.4, 0.5) is 0 Å². The minimum atomic E-state index is -0.111. The first kappa shape index (κ1) is 13.4. The third kappa shape index (κ3) is 2.39. The summed E-state index contributed by atoms with van der Waals surface area (Å²) >= 11 is 0. The fraction of sp³-hybridized carbons (Fsp3) is 0.562. The summed E-state index contributed by atoms with van der Waals surface area (Å²) in [5.74, 6) is 1.75. The Kier molecular flexibility index (Phi) is 3.64. The quantitative estimate of drug-likeness (QED) is 0.911. The molecule has 2 aliphatic rings. The van der Waals surface area contributed by atoms with Crippen molar-refractivity contribution in [2.24, 2.45) is 11.8 Å². The van der Waals surface area contributed by atoms with Crippen molar-refractivity contribution < 1.29 is 9.84 Å². The van der Waals surface area contributed by atoms with E-state index in [4.69, 9.17) is 10.00 Å². The summed E-state index contributed by atoms with van der Waals surface area (Å²) in [7, 11) is 1.59. The lowest BCUT2D eigenvalue weighted by Crippen LogP contribution is -2.24. The largest absolute Gasteiger partial charge is 0.495 e. The van der Waals surface area contributed by atoms with E-state index in [1.165, 1.54) is 0 Å². The van der Waals surface area contributed by atoms with Crippen LogP contribution in [0.5, 0.6) is 5.75 Å². The summed E-state index contributed by atoms with van der Waals surface area (Å²) in [5.41, 5.74) is 1.74. The SMILES string of the molecule is COc1cc(CN2CC3CCC(O)C3C2)ccc1C#N. The molecule has 1 aliphatic heterocycles. The van der Waals surface area contributed by atoms with Gasteiger partial charge in [0.05, 0.1) is 18.8 Å². The van der Waals surface area contributed by atoms with Crippen LogP contribution in [0.1, 0.15) is 24.0 Å². The van der Waals surface area contributed by atoms with Gasteiger partial charge in [0, 0.05) is 25.6 Å². The van der Waals surface area contributed by atoms with E-state index in [9.17, 15) is 5.11 Å². The molecule has 1 aliphatic carbocycles. The maximum atomic E-state index is 9.95. The van der Waals surface area contributed by atoms with Crippen molar-refractivity contribution in [3.05, 3.63) is 29.3 Å².